The molecule has 7 nitrogen and oxygen atoms in total. The number of methoxy groups -OCH3 is 1. The highest BCUT2D eigenvalue weighted by molar-refractivity contribution is 6.03. The summed E-state index contributed by atoms with van der Waals surface area (Å²) in [4.78, 5) is 12.9. The largest absolute Gasteiger partial charge is 0.497 e. The summed E-state index contributed by atoms with van der Waals surface area (Å²) in [7, 11) is 3.56. The molecule has 0 atom stereocenters. The van der Waals surface area contributed by atoms with E-state index in [4.69, 9.17) is 4.74 Å². The van der Waals surface area contributed by atoms with Crippen molar-refractivity contribution >= 4 is 11.6 Å². The summed E-state index contributed by atoms with van der Waals surface area (Å²) in [6.45, 7) is 0.955. The number of anilines is 1. The first kappa shape index (κ1) is 19.7. The molecule has 3 aromatic rings. The van der Waals surface area contributed by atoms with E-state index in [-0.39, 0.29) is 22.7 Å². The molecule has 1 aliphatic rings. The van der Waals surface area contributed by atoms with Gasteiger partial charge in [0.2, 0.25) is 0 Å². The first-order valence-corrected chi connectivity index (χ1v) is 9.80. The number of benzene rings is 2. The minimum atomic E-state index is -0.330. The summed E-state index contributed by atoms with van der Waals surface area (Å²) in [5, 5.41) is 19.7. The molecule has 0 spiro atoms. The van der Waals surface area contributed by atoms with Gasteiger partial charge in [-0.1, -0.05) is 12.1 Å². The number of nitrogens with one attached hydrogen (secondary N) is 2. The Balaban J connectivity index is 1.56. The van der Waals surface area contributed by atoms with Crippen LogP contribution in [0.15, 0.2) is 54.6 Å². The molecule has 1 fully saturated rings. The van der Waals surface area contributed by atoms with E-state index in [1.807, 2.05) is 25.2 Å². The highest BCUT2D eigenvalue weighted by Gasteiger charge is 2.43. The van der Waals surface area contributed by atoms with Crippen LogP contribution in [0.3, 0.4) is 0 Å². The maximum Gasteiger partial charge on any atom is 0.274 e. The zero-order valence-corrected chi connectivity index (χ0v) is 17.0. The molecular formula is C23H23N5O2. The van der Waals surface area contributed by atoms with Crippen molar-refractivity contribution in [3.05, 3.63) is 71.5 Å². The van der Waals surface area contributed by atoms with Gasteiger partial charge < -0.3 is 15.4 Å². The number of carbonyl (C=O) groups is 1. The molecule has 0 unspecified atom stereocenters. The van der Waals surface area contributed by atoms with E-state index in [1.54, 1.807) is 31.4 Å². The number of amides is 1. The van der Waals surface area contributed by atoms with Crippen LogP contribution in [0.25, 0.3) is 5.69 Å². The highest BCUT2D eigenvalue weighted by Crippen LogP contribution is 2.47. The van der Waals surface area contributed by atoms with E-state index in [2.05, 4.69) is 27.9 Å². The molecule has 0 bridgehead atoms. The minimum Gasteiger partial charge on any atom is -0.497 e. The molecular weight excluding hydrogens is 378 g/mol. The number of nitriles is 1. The molecule has 1 aliphatic carbocycles. The number of hydrogen-bond acceptors (Lipinski definition) is 5. The van der Waals surface area contributed by atoms with Crippen molar-refractivity contribution in [3.8, 4) is 17.5 Å². The number of rotatable bonds is 7. The van der Waals surface area contributed by atoms with Crippen molar-refractivity contribution in [3.63, 3.8) is 0 Å². The number of hydrogen-bond donors (Lipinski definition) is 2. The highest BCUT2D eigenvalue weighted by atomic mass is 16.5. The minimum absolute atomic E-state index is 0.175. The number of ether oxygens (including phenoxy) is 1. The van der Waals surface area contributed by atoms with Crippen LogP contribution in [-0.2, 0) is 5.41 Å². The number of likely N-dealkylation sites (N-methyl/N-ethyl adjacent to an activating group) is 1. The van der Waals surface area contributed by atoms with Gasteiger partial charge in [-0.15, -0.1) is 0 Å². The van der Waals surface area contributed by atoms with E-state index in [1.165, 1.54) is 29.2 Å². The Morgan fingerprint density at radius 2 is 1.90 bits per heavy atom. The fourth-order valence-electron chi connectivity index (χ4n) is 3.68. The Kier molecular flexibility index (Phi) is 5.25. The average Bonchev–Trinajstić information content (AvgIpc) is 3.43. The molecule has 30 heavy (non-hydrogen) atoms. The summed E-state index contributed by atoms with van der Waals surface area (Å²) in [6.07, 6.45) is 2.36. The Bertz CT molecular complexity index is 1090. The molecule has 2 aromatic carbocycles. The third-order valence-electron chi connectivity index (χ3n) is 5.50. The van der Waals surface area contributed by atoms with Gasteiger partial charge >= 0.3 is 0 Å². The second-order valence-electron chi connectivity index (χ2n) is 7.48. The van der Waals surface area contributed by atoms with Crippen molar-refractivity contribution in [2.45, 2.75) is 18.3 Å². The summed E-state index contributed by atoms with van der Waals surface area (Å²) in [5.41, 5.74) is 3.34. The lowest BCUT2D eigenvalue weighted by Crippen LogP contribution is -2.23. The average molecular weight is 401 g/mol. The van der Waals surface area contributed by atoms with Crippen LogP contribution in [0.4, 0.5) is 5.69 Å². The van der Waals surface area contributed by atoms with Gasteiger partial charge in [0.1, 0.15) is 17.5 Å². The molecule has 0 saturated heterocycles. The molecule has 7 heteroatoms. The summed E-state index contributed by atoms with van der Waals surface area (Å²) >= 11 is 0. The van der Waals surface area contributed by atoms with Crippen molar-refractivity contribution in [2.24, 2.45) is 0 Å². The zero-order chi connectivity index (χ0) is 21.1. The Labute approximate surface area is 175 Å². The van der Waals surface area contributed by atoms with Crippen LogP contribution in [0, 0.1) is 11.3 Å². The lowest BCUT2D eigenvalue weighted by molar-refractivity contribution is 0.101. The van der Waals surface area contributed by atoms with Gasteiger partial charge in [-0.2, -0.15) is 10.4 Å². The molecule has 0 radical (unpaired) electrons. The normalized spacial score (nSPS) is 14.0. The standard InChI is InChI=1S/C23H23N5O2/c1-25-15-23(11-12-23)16-3-5-17(6-4-16)26-22(29)21-13-18(14-24)27-28(21)19-7-9-20(30-2)10-8-19/h3-10,13,25H,11-12,15H2,1-2H3,(H,26,29). The molecule has 0 aliphatic heterocycles. The van der Waals surface area contributed by atoms with Gasteiger partial charge in [-0.05, 0) is 61.9 Å². The predicted octanol–water partition coefficient (Wildman–Crippen LogP) is 3.26. The SMILES string of the molecule is CNCC1(c2ccc(NC(=O)c3cc(C#N)nn3-c3ccc(OC)cc3)cc2)CC1. The molecule has 4 rings (SSSR count). The Hall–Kier alpha value is -3.63. The third-order valence-corrected chi connectivity index (χ3v) is 5.50. The van der Waals surface area contributed by atoms with Crippen LogP contribution >= 0.6 is 0 Å². The van der Waals surface area contributed by atoms with Crippen LogP contribution in [0.5, 0.6) is 5.75 Å². The molecule has 1 amide bonds. The van der Waals surface area contributed by atoms with Crippen LogP contribution in [0.1, 0.15) is 34.6 Å². The van der Waals surface area contributed by atoms with Gasteiger partial charge in [-0.3, -0.25) is 4.79 Å². The Morgan fingerprint density at radius 3 is 2.47 bits per heavy atom. The number of nitrogens with zero attached hydrogens (tertiary/aromatic N) is 3. The molecule has 152 valence electrons. The van der Waals surface area contributed by atoms with Gasteiger partial charge in [-0.25, -0.2) is 4.68 Å². The Morgan fingerprint density at radius 1 is 1.20 bits per heavy atom. The molecule has 1 heterocycles. The maximum atomic E-state index is 12.9. The first-order valence-electron chi connectivity index (χ1n) is 9.80. The monoisotopic (exact) mass is 401 g/mol. The fourth-order valence-corrected chi connectivity index (χ4v) is 3.68. The van der Waals surface area contributed by atoms with Crippen molar-refractivity contribution < 1.29 is 9.53 Å². The van der Waals surface area contributed by atoms with Gasteiger partial charge in [0, 0.05) is 23.7 Å². The summed E-state index contributed by atoms with van der Waals surface area (Å²) in [5.74, 6) is 0.369. The van der Waals surface area contributed by atoms with Gasteiger partial charge in [0.15, 0.2) is 5.69 Å². The van der Waals surface area contributed by atoms with E-state index in [9.17, 15) is 10.1 Å². The molecule has 1 aromatic heterocycles. The lowest BCUT2D eigenvalue weighted by atomic mass is 9.96. The van der Waals surface area contributed by atoms with Crippen LogP contribution in [0.2, 0.25) is 0 Å². The smallest absolute Gasteiger partial charge is 0.274 e. The second kappa shape index (κ2) is 8.01. The molecule has 1 saturated carbocycles. The van der Waals surface area contributed by atoms with E-state index in [0.29, 0.717) is 17.1 Å². The van der Waals surface area contributed by atoms with Crippen molar-refractivity contribution in [1.82, 2.24) is 15.1 Å². The van der Waals surface area contributed by atoms with E-state index < -0.39 is 0 Å². The lowest BCUT2D eigenvalue weighted by Gasteiger charge is -2.15. The quantitative estimate of drug-likeness (QED) is 0.634. The van der Waals surface area contributed by atoms with Crippen molar-refractivity contribution in [1.29, 1.82) is 5.26 Å². The third kappa shape index (κ3) is 3.78. The maximum absolute atomic E-state index is 12.9. The predicted molar refractivity (Wildman–Crippen MR) is 114 cm³/mol. The number of aromatic nitrogens is 2. The van der Waals surface area contributed by atoms with Crippen LogP contribution in [-0.4, -0.2) is 36.4 Å². The van der Waals surface area contributed by atoms with Crippen LogP contribution < -0.4 is 15.4 Å². The van der Waals surface area contributed by atoms with E-state index in [0.717, 1.165) is 6.54 Å². The zero-order valence-electron chi connectivity index (χ0n) is 17.0. The second-order valence-corrected chi connectivity index (χ2v) is 7.48. The van der Waals surface area contributed by atoms with Gasteiger partial charge in [0.25, 0.3) is 5.91 Å². The fraction of sp³-hybridized carbons (Fsp3) is 0.261. The topological polar surface area (TPSA) is 92.0 Å². The van der Waals surface area contributed by atoms with Gasteiger partial charge in [0.05, 0.1) is 12.8 Å². The van der Waals surface area contributed by atoms with Crippen molar-refractivity contribution in [2.75, 3.05) is 26.0 Å². The van der Waals surface area contributed by atoms with E-state index >= 15 is 0 Å². The first-order chi connectivity index (χ1) is 14.6. The molecule has 2 N–H and O–H groups in total. The summed E-state index contributed by atoms with van der Waals surface area (Å²) < 4.78 is 6.64. The summed E-state index contributed by atoms with van der Waals surface area (Å²) in [6, 6.07) is 18.6. The number of carbonyl (C=O) groups excluding carboxylic acids is 1.